The molecular weight excluding hydrogens is 194 g/mol. The molecule has 0 aliphatic rings. The van der Waals surface area contributed by atoms with Crippen molar-refractivity contribution in [3.05, 3.63) is 28.8 Å². The van der Waals surface area contributed by atoms with Crippen LogP contribution in [0.1, 0.15) is 56.2 Å². The fourth-order valence-electron chi connectivity index (χ4n) is 2.20. The predicted octanol–water partition coefficient (Wildman–Crippen LogP) is 4.31. The number of benzene rings is 1. The molecule has 0 aliphatic heterocycles. The Balaban J connectivity index is 3.39. The third kappa shape index (κ3) is 2.58. The van der Waals surface area contributed by atoms with E-state index in [0.29, 0.717) is 11.8 Å². The Bertz CT molecular complexity index is 333. The highest BCUT2D eigenvalue weighted by atomic mass is 15.1. The Kier molecular flexibility index (Phi) is 4.01. The van der Waals surface area contributed by atoms with Gasteiger partial charge in [0.15, 0.2) is 0 Å². The monoisotopic (exact) mass is 219 g/mol. The van der Waals surface area contributed by atoms with E-state index in [1.807, 2.05) is 0 Å². The Morgan fingerprint density at radius 1 is 0.875 bits per heavy atom. The Morgan fingerprint density at radius 2 is 1.25 bits per heavy atom. The van der Waals surface area contributed by atoms with Gasteiger partial charge in [-0.3, -0.25) is 0 Å². The van der Waals surface area contributed by atoms with Gasteiger partial charge in [0.2, 0.25) is 0 Å². The molecule has 1 rings (SSSR count). The molecule has 0 atom stereocenters. The first-order chi connectivity index (χ1) is 7.34. The van der Waals surface area contributed by atoms with Crippen molar-refractivity contribution in [3.8, 4) is 0 Å². The van der Waals surface area contributed by atoms with E-state index in [1.165, 1.54) is 22.4 Å². The van der Waals surface area contributed by atoms with Crippen LogP contribution >= 0.6 is 0 Å². The molecular formula is C15H25N. The molecule has 0 N–H and O–H groups in total. The summed E-state index contributed by atoms with van der Waals surface area (Å²) in [5.74, 6) is 1.19. The van der Waals surface area contributed by atoms with E-state index in [0.717, 1.165) is 0 Å². The van der Waals surface area contributed by atoms with Crippen LogP contribution in [-0.2, 0) is 0 Å². The summed E-state index contributed by atoms with van der Waals surface area (Å²) in [6, 6.07) is 4.65. The molecule has 1 nitrogen and oxygen atoms in total. The molecule has 1 aromatic rings. The first-order valence-corrected chi connectivity index (χ1v) is 6.16. The van der Waals surface area contributed by atoms with Gasteiger partial charge in [-0.15, -0.1) is 0 Å². The fraction of sp³-hybridized carbons (Fsp3) is 0.600. The maximum absolute atomic E-state index is 2.33. The van der Waals surface area contributed by atoms with Crippen molar-refractivity contribution in [3.63, 3.8) is 0 Å². The molecule has 0 amide bonds. The second kappa shape index (κ2) is 4.90. The number of hydrogen-bond donors (Lipinski definition) is 0. The van der Waals surface area contributed by atoms with Crippen molar-refractivity contribution >= 4 is 5.69 Å². The van der Waals surface area contributed by atoms with E-state index in [-0.39, 0.29) is 0 Å². The molecule has 0 aromatic heterocycles. The highest BCUT2D eigenvalue weighted by Crippen LogP contribution is 2.31. The van der Waals surface area contributed by atoms with Crippen LogP contribution in [0.15, 0.2) is 12.1 Å². The predicted molar refractivity (Wildman–Crippen MR) is 73.7 cm³/mol. The maximum atomic E-state index is 2.33. The molecule has 0 spiro atoms. The van der Waals surface area contributed by atoms with Gasteiger partial charge >= 0.3 is 0 Å². The van der Waals surface area contributed by atoms with Gasteiger partial charge in [0.1, 0.15) is 0 Å². The van der Waals surface area contributed by atoms with Crippen LogP contribution in [0.3, 0.4) is 0 Å². The standard InChI is InChI=1S/C15H25N/c1-10(2)14-8-13(16(6)7)9-15(11(3)4)12(14)5/h8-11H,1-7H3. The molecule has 0 saturated carbocycles. The van der Waals surface area contributed by atoms with Gasteiger partial charge in [-0.05, 0) is 47.6 Å². The van der Waals surface area contributed by atoms with Gasteiger partial charge in [0, 0.05) is 19.8 Å². The highest BCUT2D eigenvalue weighted by molar-refractivity contribution is 5.55. The summed E-state index contributed by atoms with van der Waals surface area (Å²) in [4.78, 5) is 2.19. The lowest BCUT2D eigenvalue weighted by Crippen LogP contribution is -2.11. The van der Waals surface area contributed by atoms with Crippen molar-refractivity contribution in [2.24, 2.45) is 0 Å². The average Bonchev–Trinajstić information content (AvgIpc) is 2.16. The second-order valence-corrected chi connectivity index (χ2v) is 5.45. The SMILES string of the molecule is Cc1c(C(C)C)cc(N(C)C)cc1C(C)C. The minimum Gasteiger partial charge on any atom is -0.378 e. The summed E-state index contributed by atoms with van der Waals surface area (Å²) in [5, 5.41) is 0. The number of anilines is 1. The largest absolute Gasteiger partial charge is 0.378 e. The maximum Gasteiger partial charge on any atom is 0.0366 e. The van der Waals surface area contributed by atoms with E-state index in [4.69, 9.17) is 0 Å². The van der Waals surface area contributed by atoms with Crippen LogP contribution in [0, 0.1) is 6.92 Å². The first-order valence-electron chi connectivity index (χ1n) is 6.16. The van der Waals surface area contributed by atoms with Gasteiger partial charge in [0.25, 0.3) is 0 Å². The molecule has 0 bridgehead atoms. The second-order valence-electron chi connectivity index (χ2n) is 5.45. The molecule has 0 aliphatic carbocycles. The zero-order valence-electron chi connectivity index (χ0n) is 11.8. The van der Waals surface area contributed by atoms with Gasteiger partial charge < -0.3 is 4.90 Å². The average molecular weight is 219 g/mol. The van der Waals surface area contributed by atoms with Gasteiger partial charge in [0.05, 0.1) is 0 Å². The summed E-state index contributed by atoms with van der Waals surface area (Å²) in [6.45, 7) is 11.3. The van der Waals surface area contributed by atoms with Crippen LogP contribution in [0.25, 0.3) is 0 Å². The molecule has 0 heterocycles. The van der Waals surface area contributed by atoms with Crippen LogP contribution < -0.4 is 4.90 Å². The summed E-state index contributed by atoms with van der Waals surface area (Å²) >= 11 is 0. The third-order valence-electron chi connectivity index (χ3n) is 3.23. The highest BCUT2D eigenvalue weighted by Gasteiger charge is 2.13. The lowest BCUT2D eigenvalue weighted by molar-refractivity contribution is 0.815. The van der Waals surface area contributed by atoms with Crippen molar-refractivity contribution in [2.75, 3.05) is 19.0 Å². The molecule has 1 aromatic carbocycles. The van der Waals surface area contributed by atoms with E-state index in [9.17, 15) is 0 Å². The zero-order chi connectivity index (χ0) is 12.5. The minimum atomic E-state index is 0.595. The van der Waals surface area contributed by atoms with Gasteiger partial charge in [-0.1, -0.05) is 27.7 Å². The van der Waals surface area contributed by atoms with Gasteiger partial charge in [-0.2, -0.15) is 0 Å². The van der Waals surface area contributed by atoms with Crippen molar-refractivity contribution in [1.82, 2.24) is 0 Å². The van der Waals surface area contributed by atoms with Crippen LogP contribution in [0.5, 0.6) is 0 Å². The van der Waals surface area contributed by atoms with Crippen molar-refractivity contribution in [1.29, 1.82) is 0 Å². The Labute approximate surface area is 100 Å². The van der Waals surface area contributed by atoms with Crippen molar-refractivity contribution in [2.45, 2.75) is 46.5 Å². The number of nitrogens with zero attached hydrogens (tertiary/aromatic N) is 1. The normalized spacial score (nSPS) is 11.3. The number of rotatable bonds is 3. The summed E-state index contributed by atoms with van der Waals surface area (Å²) < 4.78 is 0. The quantitative estimate of drug-likeness (QED) is 0.732. The minimum absolute atomic E-state index is 0.595. The summed E-state index contributed by atoms with van der Waals surface area (Å²) in [5.41, 5.74) is 5.75. The first kappa shape index (κ1) is 13.1. The topological polar surface area (TPSA) is 3.24 Å². The molecule has 90 valence electrons. The van der Waals surface area contributed by atoms with E-state index >= 15 is 0 Å². The smallest absolute Gasteiger partial charge is 0.0366 e. The molecule has 0 unspecified atom stereocenters. The molecule has 0 fully saturated rings. The lowest BCUT2D eigenvalue weighted by Gasteiger charge is -2.22. The van der Waals surface area contributed by atoms with Crippen LogP contribution in [-0.4, -0.2) is 14.1 Å². The van der Waals surface area contributed by atoms with E-state index in [2.05, 4.69) is 65.7 Å². The third-order valence-corrected chi connectivity index (χ3v) is 3.23. The van der Waals surface area contributed by atoms with E-state index < -0.39 is 0 Å². The molecule has 16 heavy (non-hydrogen) atoms. The van der Waals surface area contributed by atoms with Crippen LogP contribution in [0.2, 0.25) is 0 Å². The molecule has 0 saturated heterocycles. The van der Waals surface area contributed by atoms with Gasteiger partial charge in [-0.25, -0.2) is 0 Å². The fourth-order valence-corrected chi connectivity index (χ4v) is 2.20. The van der Waals surface area contributed by atoms with Crippen molar-refractivity contribution < 1.29 is 0 Å². The summed E-state index contributed by atoms with van der Waals surface area (Å²) in [7, 11) is 4.22. The lowest BCUT2D eigenvalue weighted by atomic mass is 9.89. The number of hydrogen-bond acceptors (Lipinski definition) is 1. The molecule has 1 heteroatoms. The Hall–Kier alpha value is -0.980. The molecule has 0 radical (unpaired) electrons. The van der Waals surface area contributed by atoms with E-state index in [1.54, 1.807) is 0 Å². The van der Waals surface area contributed by atoms with Crippen LogP contribution in [0.4, 0.5) is 5.69 Å². The zero-order valence-corrected chi connectivity index (χ0v) is 11.8. The summed E-state index contributed by atoms with van der Waals surface area (Å²) in [6.07, 6.45) is 0. The Morgan fingerprint density at radius 3 is 1.50 bits per heavy atom.